The van der Waals surface area contributed by atoms with Gasteiger partial charge in [0.1, 0.15) is 0 Å². The molecule has 12 rings (SSSR count). The fourth-order valence-corrected chi connectivity index (χ4v) is 17.5. The van der Waals surface area contributed by atoms with Gasteiger partial charge in [-0.3, -0.25) is 0 Å². The van der Waals surface area contributed by atoms with Crippen LogP contribution >= 0.6 is 0 Å². The molecule has 0 atom stereocenters. The van der Waals surface area contributed by atoms with Crippen LogP contribution in [0.2, 0.25) is 39.3 Å². The first-order chi connectivity index (χ1) is 28.0. The maximum atomic E-state index is 2.57. The van der Waals surface area contributed by atoms with Crippen LogP contribution in [0.1, 0.15) is 43.2 Å². The molecule has 4 bridgehead atoms. The molecule has 0 aliphatic heterocycles. The third kappa shape index (κ3) is 5.37. The molecule has 0 saturated heterocycles. The summed E-state index contributed by atoms with van der Waals surface area (Å²) in [6.45, 7) is 15.0. The zero-order chi connectivity index (χ0) is 39.6. The van der Waals surface area contributed by atoms with Crippen molar-refractivity contribution in [2.45, 2.75) is 76.8 Å². The van der Waals surface area contributed by atoms with Gasteiger partial charge in [0.2, 0.25) is 0 Å². The maximum Gasteiger partial charge on any atom is 0.0792 e. The van der Waals surface area contributed by atoms with Crippen LogP contribution in [0, 0.1) is 23.7 Å². The van der Waals surface area contributed by atoms with Crippen molar-refractivity contribution in [3.05, 3.63) is 157 Å². The molecule has 4 aliphatic rings. The summed E-state index contributed by atoms with van der Waals surface area (Å²) in [7, 11) is -3.29. The molecular formula is C56H56Si2. The third-order valence-electron chi connectivity index (χ3n) is 15.1. The average Bonchev–Trinajstić information content (AvgIpc) is 3.21. The van der Waals surface area contributed by atoms with Crippen LogP contribution in [0.25, 0.3) is 65.3 Å². The highest BCUT2D eigenvalue weighted by Gasteiger charge is 2.58. The van der Waals surface area contributed by atoms with Gasteiger partial charge in [-0.15, -0.1) is 0 Å². The van der Waals surface area contributed by atoms with E-state index in [0.717, 1.165) is 11.8 Å². The van der Waals surface area contributed by atoms with E-state index >= 15 is 0 Å². The molecule has 2 heteroatoms. The van der Waals surface area contributed by atoms with E-state index in [-0.39, 0.29) is 5.41 Å². The summed E-state index contributed by atoms with van der Waals surface area (Å²) in [5.74, 6) is 3.19. The standard InChI is InChI=1S/C56H56Si2/c1-57(2,3)54-48-19-11-7-15-44(48)52(45-16-8-12-20-49(45)54)38-23-27-40(28-24-38)56(42-32-36-31-37(34-42)35-43(56)33-36)41-29-25-39(26-30-41)53-46-17-9-13-21-50(46)55(58(4,5)6)51-22-14-10-18-47(51)53/h7-30,36-37,42-43H,31-35H2,1-6H3. The molecule has 0 unspecified atom stereocenters. The molecule has 4 fully saturated rings. The molecule has 8 aromatic carbocycles. The van der Waals surface area contributed by atoms with Crippen LogP contribution in [-0.2, 0) is 5.41 Å². The fraction of sp³-hybridized carbons (Fsp3) is 0.286. The van der Waals surface area contributed by atoms with Gasteiger partial charge in [-0.25, -0.2) is 0 Å². The van der Waals surface area contributed by atoms with Crippen LogP contribution in [0.4, 0.5) is 0 Å². The molecule has 0 aromatic heterocycles. The molecule has 0 heterocycles. The molecule has 0 radical (unpaired) electrons. The van der Waals surface area contributed by atoms with E-state index in [1.54, 1.807) is 21.5 Å². The van der Waals surface area contributed by atoms with Crippen molar-refractivity contribution < 1.29 is 0 Å². The molecule has 4 saturated carbocycles. The highest BCUT2D eigenvalue weighted by atomic mass is 28.3. The second-order valence-electron chi connectivity index (χ2n) is 20.5. The number of benzene rings is 8. The van der Waals surface area contributed by atoms with Gasteiger partial charge in [-0.05, 0) is 143 Å². The Hall–Kier alpha value is -4.77. The Morgan fingerprint density at radius 1 is 0.345 bits per heavy atom. The van der Waals surface area contributed by atoms with Gasteiger partial charge < -0.3 is 0 Å². The summed E-state index contributed by atoms with van der Waals surface area (Å²) < 4.78 is 0. The summed E-state index contributed by atoms with van der Waals surface area (Å²) in [6, 6.07) is 57.2. The topological polar surface area (TPSA) is 0 Å². The third-order valence-corrected chi connectivity index (χ3v) is 19.2. The summed E-state index contributed by atoms with van der Waals surface area (Å²) in [5, 5.41) is 14.5. The largest absolute Gasteiger partial charge is 0.0792 e. The first kappa shape index (κ1) is 36.3. The number of fused-ring (bicyclic) bond motifs is 4. The predicted molar refractivity (Wildman–Crippen MR) is 258 cm³/mol. The molecule has 8 aromatic rings. The molecular weight excluding hydrogens is 729 g/mol. The summed E-state index contributed by atoms with van der Waals surface area (Å²) in [4.78, 5) is 0. The summed E-state index contributed by atoms with van der Waals surface area (Å²) in [5.41, 5.74) is 8.59. The first-order valence-corrected chi connectivity index (χ1v) is 29.1. The van der Waals surface area contributed by atoms with Gasteiger partial charge in [-0.2, -0.15) is 0 Å². The molecule has 0 nitrogen and oxygen atoms in total. The van der Waals surface area contributed by atoms with Gasteiger partial charge >= 0.3 is 0 Å². The highest BCUT2D eigenvalue weighted by Crippen LogP contribution is 2.65. The Kier molecular flexibility index (Phi) is 8.22. The average molecular weight is 785 g/mol. The monoisotopic (exact) mass is 784 g/mol. The van der Waals surface area contributed by atoms with E-state index in [1.165, 1.54) is 97.4 Å². The number of hydrogen-bond donors (Lipinski definition) is 0. The Labute approximate surface area is 347 Å². The SMILES string of the molecule is C[Si](C)(C)c1c2ccccc2c(-c2ccc(C3(c4ccc(-c5c6ccccc6c([Si](C)(C)C)c6ccccc56)cc4)C4CC5CC(C4)CC3C5)cc2)c2ccccc12. The van der Waals surface area contributed by atoms with Crippen LogP contribution in [0.15, 0.2) is 146 Å². The maximum absolute atomic E-state index is 2.57. The minimum Gasteiger partial charge on any atom is -0.0656 e. The second kappa shape index (κ2) is 13.1. The number of hydrogen-bond acceptors (Lipinski definition) is 0. The van der Waals surface area contributed by atoms with Crippen LogP contribution in [-0.4, -0.2) is 16.1 Å². The minimum atomic E-state index is -1.64. The van der Waals surface area contributed by atoms with E-state index in [1.807, 2.05) is 0 Å². The van der Waals surface area contributed by atoms with Gasteiger partial charge in [0.05, 0.1) is 16.1 Å². The lowest BCUT2D eigenvalue weighted by Crippen LogP contribution is -2.56. The van der Waals surface area contributed by atoms with Crippen molar-refractivity contribution in [3.8, 4) is 22.3 Å². The van der Waals surface area contributed by atoms with Crippen LogP contribution in [0.5, 0.6) is 0 Å². The van der Waals surface area contributed by atoms with Crippen molar-refractivity contribution >= 4 is 69.6 Å². The van der Waals surface area contributed by atoms with Crippen molar-refractivity contribution in [2.75, 3.05) is 0 Å². The molecule has 0 amide bonds. The van der Waals surface area contributed by atoms with E-state index in [9.17, 15) is 0 Å². The fourth-order valence-electron chi connectivity index (χ4n) is 13.4. The number of rotatable bonds is 6. The lowest BCUT2D eigenvalue weighted by atomic mass is 9.42. The Bertz CT molecular complexity index is 2580. The van der Waals surface area contributed by atoms with E-state index in [4.69, 9.17) is 0 Å². The lowest BCUT2D eigenvalue weighted by molar-refractivity contribution is -0.0418. The van der Waals surface area contributed by atoms with Crippen molar-refractivity contribution in [2.24, 2.45) is 23.7 Å². The Morgan fingerprint density at radius 3 is 0.897 bits per heavy atom. The van der Waals surface area contributed by atoms with Crippen LogP contribution < -0.4 is 10.4 Å². The normalized spacial score (nSPS) is 21.4. The van der Waals surface area contributed by atoms with Crippen molar-refractivity contribution in [3.63, 3.8) is 0 Å². The zero-order valence-electron chi connectivity index (χ0n) is 35.2. The smallest absolute Gasteiger partial charge is 0.0656 e. The Balaban J connectivity index is 1.08. The van der Waals surface area contributed by atoms with Crippen molar-refractivity contribution in [1.29, 1.82) is 0 Å². The quantitative estimate of drug-likeness (QED) is 0.116. The van der Waals surface area contributed by atoms with Gasteiger partial charge in [0, 0.05) is 5.41 Å². The molecule has 58 heavy (non-hydrogen) atoms. The highest BCUT2D eigenvalue weighted by molar-refractivity contribution is 6.93. The predicted octanol–water partition coefficient (Wildman–Crippen LogP) is 14.5. The first-order valence-electron chi connectivity index (χ1n) is 22.1. The zero-order valence-corrected chi connectivity index (χ0v) is 37.2. The van der Waals surface area contributed by atoms with Gasteiger partial charge in [0.15, 0.2) is 0 Å². The lowest BCUT2D eigenvalue weighted by Gasteiger charge is -2.62. The second-order valence-corrected chi connectivity index (χ2v) is 30.5. The van der Waals surface area contributed by atoms with E-state index in [0.29, 0.717) is 11.8 Å². The summed E-state index contributed by atoms with van der Waals surface area (Å²) >= 11 is 0. The molecule has 0 N–H and O–H groups in total. The van der Waals surface area contributed by atoms with E-state index in [2.05, 4.69) is 185 Å². The molecule has 4 aliphatic carbocycles. The minimum absolute atomic E-state index is 0.0438. The van der Waals surface area contributed by atoms with E-state index < -0.39 is 16.1 Å². The molecule has 288 valence electrons. The van der Waals surface area contributed by atoms with Gasteiger partial charge in [-0.1, -0.05) is 185 Å². The summed E-state index contributed by atoms with van der Waals surface area (Å²) in [6.07, 6.45) is 6.95. The van der Waals surface area contributed by atoms with Crippen LogP contribution in [0.3, 0.4) is 0 Å². The van der Waals surface area contributed by atoms with Gasteiger partial charge in [0.25, 0.3) is 0 Å². The van der Waals surface area contributed by atoms with Crippen molar-refractivity contribution in [1.82, 2.24) is 0 Å². The molecule has 0 spiro atoms. The Morgan fingerprint density at radius 2 is 0.621 bits per heavy atom.